The highest BCUT2D eigenvalue weighted by atomic mass is 32.1. The molecule has 1 unspecified atom stereocenters. The monoisotopic (exact) mass is 429 g/mol. The molecule has 160 valence electrons. The van der Waals surface area contributed by atoms with Crippen LogP contribution in [0.5, 0.6) is 0 Å². The van der Waals surface area contributed by atoms with Crippen LogP contribution in [0.15, 0.2) is 24.3 Å². The number of hydrogen-bond acceptors (Lipinski definition) is 6. The first kappa shape index (κ1) is 21.9. The summed E-state index contributed by atoms with van der Waals surface area (Å²) in [5.74, 6) is -0.900. The van der Waals surface area contributed by atoms with Gasteiger partial charge in [0.1, 0.15) is 0 Å². The molecule has 1 aromatic heterocycles. The second kappa shape index (κ2) is 10.3. The SMILES string of the molecule is CCCCNC(=O)C1CCCN(C(=O)c2nnc(C(=O)Nc3ccc(C)cc3)s2)C1. The number of hydrogen-bond donors (Lipinski definition) is 2. The molecule has 0 radical (unpaired) electrons. The smallest absolute Gasteiger partial charge is 0.286 e. The molecule has 1 saturated heterocycles. The molecule has 0 aliphatic carbocycles. The molecular formula is C21H27N5O3S. The zero-order valence-corrected chi connectivity index (χ0v) is 18.1. The van der Waals surface area contributed by atoms with Crippen molar-refractivity contribution in [2.75, 3.05) is 25.0 Å². The molecule has 2 heterocycles. The predicted octanol–water partition coefficient (Wildman–Crippen LogP) is 2.87. The van der Waals surface area contributed by atoms with E-state index in [0.29, 0.717) is 25.3 Å². The number of anilines is 1. The van der Waals surface area contributed by atoms with Gasteiger partial charge >= 0.3 is 0 Å². The molecular weight excluding hydrogens is 402 g/mol. The van der Waals surface area contributed by atoms with Gasteiger partial charge in [0, 0.05) is 25.3 Å². The zero-order valence-electron chi connectivity index (χ0n) is 17.3. The first-order valence-electron chi connectivity index (χ1n) is 10.3. The van der Waals surface area contributed by atoms with Gasteiger partial charge in [-0.15, -0.1) is 10.2 Å². The second-order valence-corrected chi connectivity index (χ2v) is 8.44. The lowest BCUT2D eigenvalue weighted by atomic mass is 9.97. The van der Waals surface area contributed by atoms with Gasteiger partial charge in [0.15, 0.2) is 0 Å². The molecule has 1 fully saturated rings. The fraction of sp³-hybridized carbons (Fsp3) is 0.476. The van der Waals surface area contributed by atoms with E-state index in [-0.39, 0.29) is 27.7 Å². The molecule has 0 saturated carbocycles. The summed E-state index contributed by atoms with van der Waals surface area (Å²) >= 11 is 0.966. The van der Waals surface area contributed by atoms with Crippen LogP contribution < -0.4 is 10.6 Å². The average molecular weight is 430 g/mol. The van der Waals surface area contributed by atoms with E-state index in [4.69, 9.17) is 0 Å². The molecule has 1 aliphatic heterocycles. The fourth-order valence-electron chi connectivity index (χ4n) is 3.27. The van der Waals surface area contributed by atoms with Crippen molar-refractivity contribution in [2.24, 2.45) is 5.92 Å². The third kappa shape index (κ3) is 5.63. The number of likely N-dealkylation sites (tertiary alicyclic amines) is 1. The zero-order chi connectivity index (χ0) is 21.5. The fourth-order valence-corrected chi connectivity index (χ4v) is 3.97. The van der Waals surface area contributed by atoms with Crippen LogP contribution in [-0.4, -0.2) is 52.5 Å². The number of aromatic nitrogens is 2. The third-order valence-electron chi connectivity index (χ3n) is 5.02. The molecule has 2 N–H and O–H groups in total. The van der Waals surface area contributed by atoms with Gasteiger partial charge in [-0.25, -0.2) is 0 Å². The van der Waals surface area contributed by atoms with Crippen molar-refractivity contribution in [3.63, 3.8) is 0 Å². The quantitative estimate of drug-likeness (QED) is 0.659. The summed E-state index contributed by atoms with van der Waals surface area (Å²) < 4.78 is 0. The Morgan fingerprint density at radius 1 is 1.17 bits per heavy atom. The Kier molecular flexibility index (Phi) is 7.51. The van der Waals surface area contributed by atoms with E-state index in [1.54, 1.807) is 17.0 Å². The highest BCUT2D eigenvalue weighted by Crippen LogP contribution is 2.21. The van der Waals surface area contributed by atoms with Crippen LogP contribution in [-0.2, 0) is 4.79 Å². The van der Waals surface area contributed by atoms with Gasteiger partial charge in [-0.3, -0.25) is 14.4 Å². The van der Waals surface area contributed by atoms with Crippen molar-refractivity contribution in [1.29, 1.82) is 0 Å². The standard InChI is InChI=1S/C21H27N5O3S/c1-3-4-11-22-17(27)15-6-5-12-26(13-15)21(29)20-25-24-19(30-20)18(28)23-16-9-7-14(2)8-10-16/h7-10,15H,3-6,11-13H2,1-2H3,(H,22,27)(H,23,28). The number of nitrogens with one attached hydrogen (secondary N) is 2. The number of nitrogens with zero attached hydrogens (tertiary/aromatic N) is 3. The Balaban J connectivity index is 1.59. The van der Waals surface area contributed by atoms with Crippen molar-refractivity contribution in [2.45, 2.75) is 39.5 Å². The molecule has 1 atom stereocenters. The Morgan fingerprint density at radius 2 is 1.90 bits per heavy atom. The van der Waals surface area contributed by atoms with Crippen molar-refractivity contribution in [1.82, 2.24) is 20.4 Å². The summed E-state index contributed by atoms with van der Waals surface area (Å²) in [4.78, 5) is 39.2. The van der Waals surface area contributed by atoms with Crippen LogP contribution >= 0.6 is 11.3 Å². The van der Waals surface area contributed by atoms with Gasteiger partial charge in [0.25, 0.3) is 11.8 Å². The van der Waals surface area contributed by atoms with E-state index in [1.165, 1.54) is 0 Å². The maximum atomic E-state index is 12.8. The summed E-state index contributed by atoms with van der Waals surface area (Å²) in [7, 11) is 0. The first-order chi connectivity index (χ1) is 14.5. The van der Waals surface area contributed by atoms with Gasteiger partial charge in [0.05, 0.1) is 5.92 Å². The molecule has 0 bridgehead atoms. The van der Waals surface area contributed by atoms with Crippen molar-refractivity contribution >= 4 is 34.7 Å². The van der Waals surface area contributed by atoms with Gasteiger partial charge < -0.3 is 15.5 Å². The Hall–Kier alpha value is -2.81. The molecule has 3 rings (SSSR count). The van der Waals surface area contributed by atoms with E-state index in [1.807, 2.05) is 19.1 Å². The van der Waals surface area contributed by atoms with Crippen LogP contribution in [0.3, 0.4) is 0 Å². The van der Waals surface area contributed by atoms with E-state index in [0.717, 1.165) is 42.6 Å². The molecule has 1 aromatic carbocycles. The second-order valence-electron chi connectivity index (χ2n) is 7.47. The van der Waals surface area contributed by atoms with Crippen LogP contribution in [0, 0.1) is 12.8 Å². The number of carbonyl (C=O) groups excluding carboxylic acids is 3. The molecule has 9 heteroatoms. The Bertz CT molecular complexity index is 896. The van der Waals surface area contributed by atoms with E-state index < -0.39 is 5.91 Å². The van der Waals surface area contributed by atoms with Crippen molar-refractivity contribution in [3.8, 4) is 0 Å². The molecule has 2 aromatic rings. The number of aryl methyl sites for hydroxylation is 1. The Labute approximate surface area is 180 Å². The van der Waals surface area contributed by atoms with Gasteiger partial charge in [-0.2, -0.15) is 0 Å². The first-order valence-corrected chi connectivity index (χ1v) is 11.1. The lowest BCUT2D eigenvalue weighted by molar-refractivity contribution is -0.126. The van der Waals surface area contributed by atoms with E-state index >= 15 is 0 Å². The predicted molar refractivity (Wildman–Crippen MR) is 116 cm³/mol. The minimum atomic E-state index is -0.401. The van der Waals surface area contributed by atoms with E-state index in [9.17, 15) is 14.4 Å². The Morgan fingerprint density at radius 3 is 2.63 bits per heavy atom. The highest BCUT2D eigenvalue weighted by molar-refractivity contribution is 7.15. The van der Waals surface area contributed by atoms with Gasteiger partial charge in [-0.1, -0.05) is 42.4 Å². The van der Waals surface area contributed by atoms with Crippen LogP contribution in [0.2, 0.25) is 0 Å². The highest BCUT2D eigenvalue weighted by Gasteiger charge is 2.30. The minimum absolute atomic E-state index is 0.00335. The number of amides is 3. The lowest BCUT2D eigenvalue weighted by Gasteiger charge is -2.31. The number of carbonyl (C=O) groups is 3. The van der Waals surface area contributed by atoms with Crippen molar-refractivity contribution < 1.29 is 14.4 Å². The summed E-state index contributed by atoms with van der Waals surface area (Å²) in [6.45, 7) is 5.64. The van der Waals surface area contributed by atoms with Crippen LogP contribution in [0.4, 0.5) is 5.69 Å². The molecule has 0 spiro atoms. The van der Waals surface area contributed by atoms with Crippen molar-refractivity contribution in [3.05, 3.63) is 39.8 Å². The molecule has 8 nitrogen and oxygen atoms in total. The van der Waals surface area contributed by atoms with Crippen LogP contribution in [0.25, 0.3) is 0 Å². The number of piperidine rings is 1. The number of benzene rings is 1. The molecule has 3 amide bonds. The maximum Gasteiger partial charge on any atom is 0.286 e. The maximum absolute atomic E-state index is 12.8. The van der Waals surface area contributed by atoms with E-state index in [2.05, 4.69) is 27.8 Å². The topological polar surface area (TPSA) is 104 Å². The number of unbranched alkanes of at least 4 members (excludes halogenated alkanes) is 1. The summed E-state index contributed by atoms with van der Waals surface area (Å²) in [6, 6.07) is 7.41. The summed E-state index contributed by atoms with van der Waals surface area (Å²) in [5, 5.41) is 13.8. The van der Waals surface area contributed by atoms with Gasteiger partial charge in [-0.05, 0) is 38.3 Å². The lowest BCUT2D eigenvalue weighted by Crippen LogP contribution is -2.45. The number of rotatable bonds is 7. The average Bonchev–Trinajstić information content (AvgIpc) is 3.25. The minimum Gasteiger partial charge on any atom is -0.356 e. The summed E-state index contributed by atoms with van der Waals surface area (Å²) in [5.41, 5.74) is 1.75. The van der Waals surface area contributed by atoms with Crippen LogP contribution in [0.1, 0.15) is 57.8 Å². The van der Waals surface area contributed by atoms with Gasteiger partial charge in [0.2, 0.25) is 15.9 Å². The molecule has 1 aliphatic rings. The summed E-state index contributed by atoms with van der Waals surface area (Å²) in [6.07, 6.45) is 3.49. The largest absolute Gasteiger partial charge is 0.356 e. The normalized spacial score (nSPS) is 16.2. The third-order valence-corrected chi connectivity index (χ3v) is 5.93. The molecule has 30 heavy (non-hydrogen) atoms.